The average molecular weight is 247 g/mol. The third kappa shape index (κ3) is 2.74. The fraction of sp³-hybridized carbons (Fsp3) is 0.500. The fourth-order valence-corrected chi connectivity index (χ4v) is 2.22. The van der Waals surface area contributed by atoms with Crippen molar-refractivity contribution in [1.29, 1.82) is 5.26 Å². The Kier molecular flexibility index (Phi) is 4.06. The summed E-state index contributed by atoms with van der Waals surface area (Å²) >= 11 is 0. The SMILES string of the molecule is COc1ccc(C(O)C#N)cc1OC1CCCC1. The van der Waals surface area contributed by atoms with Gasteiger partial charge in [-0.2, -0.15) is 5.26 Å². The summed E-state index contributed by atoms with van der Waals surface area (Å²) in [6.45, 7) is 0. The van der Waals surface area contributed by atoms with Gasteiger partial charge in [-0.25, -0.2) is 0 Å². The van der Waals surface area contributed by atoms with Gasteiger partial charge in [-0.05, 0) is 43.4 Å². The van der Waals surface area contributed by atoms with E-state index in [0.29, 0.717) is 17.1 Å². The van der Waals surface area contributed by atoms with E-state index in [1.165, 1.54) is 12.8 Å². The Morgan fingerprint density at radius 2 is 2.06 bits per heavy atom. The number of benzene rings is 1. The van der Waals surface area contributed by atoms with Crippen LogP contribution in [0.2, 0.25) is 0 Å². The summed E-state index contributed by atoms with van der Waals surface area (Å²) in [7, 11) is 1.58. The maximum absolute atomic E-state index is 9.52. The van der Waals surface area contributed by atoms with Crippen molar-refractivity contribution in [1.82, 2.24) is 0 Å². The topological polar surface area (TPSA) is 62.5 Å². The van der Waals surface area contributed by atoms with Gasteiger partial charge >= 0.3 is 0 Å². The van der Waals surface area contributed by atoms with Gasteiger partial charge in [-0.1, -0.05) is 6.07 Å². The zero-order chi connectivity index (χ0) is 13.0. The fourth-order valence-electron chi connectivity index (χ4n) is 2.22. The molecule has 1 atom stereocenters. The van der Waals surface area contributed by atoms with Crippen molar-refractivity contribution < 1.29 is 14.6 Å². The van der Waals surface area contributed by atoms with Crippen LogP contribution in [0.3, 0.4) is 0 Å². The van der Waals surface area contributed by atoms with Gasteiger partial charge in [0, 0.05) is 0 Å². The highest BCUT2D eigenvalue weighted by molar-refractivity contribution is 5.44. The Balaban J connectivity index is 2.21. The van der Waals surface area contributed by atoms with E-state index >= 15 is 0 Å². The molecule has 1 aromatic rings. The molecule has 18 heavy (non-hydrogen) atoms. The normalized spacial score (nSPS) is 17.2. The Hall–Kier alpha value is -1.73. The molecule has 1 aromatic carbocycles. The van der Waals surface area contributed by atoms with Crippen LogP contribution in [0.25, 0.3) is 0 Å². The molecular formula is C14H17NO3. The summed E-state index contributed by atoms with van der Waals surface area (Å²) < 4.78 is 11.1. The molecule has 1 saturated carbocycles. The average Bonchev–Trinajstić information content (AvgIpc) is 2.90. The molecule has 1 unspecified atom stereocenters. The third-order valence-corrected chi connectivity index (χ3v) is 3.22. The first-order chi connectivity index (χ1) is 8.74. The lowest BCUT2D eigenvalue weighted by molar-refractivity contribution is 0.198. The van der Waals surface area contributed by atoms with E-state index in [-0.39, 0.29) is 6.10 Å². The van der Waals surface area contributed by atoms with Gasteiger partial charge in [-0.15, -0.1) is 0 Å². The molecule has 2 rings (SSSR count). The summed E-state index contributed by atoms with van der Waals surface area (Å²) in [4.78, 5) is 0. The van der Waals surface area contributed by atoms with E-state index in [1.54, 1.807) is 31.4 Å². The minimum Gasteiger partial charge on any atom is -0.493 e. The van der Waals surface area contributed by atoms with Gasteiger partial charge in [0.2, 0.25) is 0 Å². The van der Waals surface area contributed by atoms with Crippen molar-refractivity contribution in [2.75, 3.05) is 7.11 Å². The predicted octanol–water partition coefficient (Wildman–Crippen LogP) is 2.57. The van der Waals surface area contributed by atoms with Crippen molar-refractivity contribution in [2.45, 2.75) is 37.9 Å². The first kappa shape index (κ1) is 12.7. The quantitative estimate of drug-likeness (QED) is 0.831. The van der Waals surface area contributed by atoms with Gasteiger partial charge in [0.25, 0.3) is 0 Å². The van der Waals surface area contributed by atoms with Crippen molar-refractivity contribution in [3.05, 3.63) is 23.8 Å². The van der Waals surface area contributed by atoms with Crippen LogP contribution >= 0.6 is 0 Å². The van der Waals surface area contributed by atoms with Gasteiger partial charge < -0.3 is 14.6 Å². The van der Waals surface area contributed by atoms with E-state index in [0.717, 1.165) is 12.8 Å². The molecule has 4 nitrogen and oxygen atoms in total. The summed E-state index contributed by atoms with van der Waals surface area (Å²) in [6, 6.07) is 6.88. The second-order valence-electron chi connectivity index (χ2n) is 4.47. The minimum atomic E-state index is -1.12. The Labute approximate surface area is 107 Å². The largest absolute Gasteiger partial charge is 0.493 e. The maximum atomic E-state index is 9.52. The van der Waals surface area contributed by atoms with E-state index < -0.39 is 6.10 Å². The van der Waals surface area contributed by atoms with Crippen molar-refractivity contribution in [3.63, 3.8) is 0 Å². The molecule has 0 radical (unpaired) electrons. The molecule has 0 aliphatic heterocycles. The Morgan fingerprint density at radius 1 is 1.33 bits per heavy atom. The summed E-state index contributed by atoms with van der Waals surface area (Å²) in [5, 5.41) is 18.2. The minimum absolute atomic E-state index is 0.216. The Morgan fingerprint density at radius 3 is 2.67 bits per heavy atom. The number of hydrogen-bond acceptors (Lipinski definition) is 4. The first-order valence-corrected chi connectivity index (χ1v) is 6.17. The summed E-state index contributed by atoms with van der Waals surface area (Å²) in [6.07, 6.45) is 3.57. The number of aliphatic hydroxyl groups is 1. The number of ether oxygens (including phenoxy) is 2. The monoisotopic (exact) mass is 247 g/mol. The van der Waals surface area contributed by atoms with Crippen molar-refractivity contribution in [3.8, 4) is 17.6 Å². The number of rotatable bonds is 4. The lowest BCUT2D eigenvalue weighted by Crippen LogP contribution is -2.12. The molecule has 0 bridgehead atoms. The molecular weight excluding hydrogens is 230 g/mol. The standard InChI is InChI=1S/C14H17NO3/c1-17-13-7-6-10(12(16)9-15)8-14(13)18-11-4-2-3-5-11/h6-8,11-12,16H,2-5H2,1H3. The molecule has 4 heteroatoms. The predicted molar refractivity (Wildman–Crippen MR) is 66.5 cm³/mol. The highest BCUT2D eigenvalue weighted by Crippen LogP contribution is 2.33. The zero-order valence-electron chi connectivity index (χ0n) is 10.4. The van der Waals surface area contributed by atoms with Gasteiger partial charge in [0.05, 0.1) is 19.3 Å². The molecule has 0 saturated heterocycles. The van der Waals surface area contributed by atoms with Crippen LogP contribution in [-0.2, 0) is 0 Å². The van der Waals surface area contributed by atoms with Gasteiger partial charge in [-0.3, -0.25) is 0 Å². The van der Waals surface area contributed by atoms with Crippen LogP contribution in [0.1, 0.15) is 37.4 Å². The summed E-state index contributed by atoms with van der Waals surface area (Å²) in [5.74, 6) is 1.24. The second kappa shape index (κ2) is 5.74. The smallest absolute Gasteiger partial charge is 0.166 e. The van der Waals surface area contributed by atoms with Crippen molar-refractivity contribution in [2.24, 2.45) is 0 Å². The molecule has 0 heterocycles. The van der Waals surface area contributed by atoms with Crippen LogP contribution in [0.15, 0.2) is 18.2 Å². The van der Waals surface area contributed by atoms with E-state index in [9.17, 15) is 5.11 Å². The highest BCUT2D eigenvalue weighted by atomic mass is 16.5. The number of nitrogens with zero attached hydrogens (tertiary/aromatic N) is 1. The number of nitriles is 1. The number of methoxy groups -OCH3 is 1. The lowest BCUT2D eigenvalue weighted by atomic mass is 10.1. The molecule has 1 aliphatic rings. The lowest BCUT2D eigenvalue weighted by Gasteiger charge is -2.17. The van der Waals surface area contributed by atoms with Crippen LogP contribution < -0.4 is 9.47 Å². The van der Waals surface area contributed by atoms with Crippen molar-refractivity contribution >= 4 is 0 Å². The molecule has 0 amide bonds. The number of aliphatic hydroxyl groups excluding tert-OH is 1. The van der Waals surface area contributed by atoms with Gasteiger partial charge in [0.15, 0.2) is 17.6 Å². The molecule has 0 aromatic heterocycles. The Bertz CT molecular complexity index is 447. The molecule has 1 fully saturated rings. The van der Waals surface area contributed by atoms with E-state index in [4.69, 9.17) is 14.7 Å². The van der Waals surface area contributed by atoms with Crippen LogP contribution in [0.5, 0.6) is 11.5 Å². The van der Waals surface area contributed by atoms with Crippen LogP contribution in [-0.4, -0.2) is 18.3 Å². The third-order valence-electron chi connectivity index (χ3n) is 3.22. The zero-order valence-corrected chi connectivity index (χ0v) is 10.4. The molecule has 1 aliphatic carbocycles. The molecule has 96 valence electrons. The maximum Gasteiger partial charge on any atom is 0.166 e. The van der Waals surface area contributed by atoms with E-state index in [1.807, 2.05) is 0 Å². The number of hydrogen-bond donors (Lipinski definition) is 1. The molecule has 1 N–H and O–H groups in total. The second-order valence-corrected chi connectivity index (χ2v) is 4.47. The van der Waals surface area contributed by atoms with E-state index in [2.05, 4.69) is 0 Å². The highest BCUT2D eigenvalue weighted by Gasteiger charge is 2.19. The van der Waals surface area contributed by atoms with Crippen LogP contribution in [0, 0.1) is 11.3 Å². The molecule has 0 spiro atoms. The van der Waals surface area contributed by atoms with Crippen LogP contribution in [0.4, 0.5) is 0 Å². The van der Waals surface area contributed by atoms with Gasteiger partial charge in [0.1, 0.15) is 0 Å². The first-order valence-electron chi connectivity index (χ1n) is 6.17. The summed E-state index contributed by atoms with van der Waals surface area (Å²) in [5.41, 5.74) is 0.534.